The number of hydrazone groups is 1. The van der Waals surface area contributed by atoms with Crippen molar-refractivity contribution in [3.8, 4) is 0 Å². The van der Waals surface area contributed by atoms with Gasteiger partial charge in [-0.2, -0.15) is 5.10 Å². The van der Waals surface area contributed by atoms with Crippen LogP contribution in [0.2, 0.25) is 0 Å². The largest absolute Gasteiger partial charge is 0.301 e. The number of nitro groups is 2. The summed E-state index contributed by atoms with van der Waals surface area (Å²) in [5.41, 5.74) is 3.24. The molecule has 0 bridgehead atoms. The topological polar surface area (TPSA) is 111 Å². The molecular formula is C14H18N4O4S2. The summed E-state index contributed by atoms with van der Waals surface area (Å²) < 4.78 is 0.477. The highest BCUT2D eigenvalue weighted by Crippen LogP contribution is 2.41. The maximum absolute atomic E-state index is 11.1. The van der Waals surface area contributed by atoms with Gasteiger partial charge in [0.25, 0.3) is 5.69 Å². The van der Waals surface area contributed by atoms with Gasteiger partial charge in [0, 0.05) is 17.6 Å². The minimum atomic E-state index is -0.663. The first kappa shape index (κ1) is 18.5. The molecule has 1 saturated heterocycles. The van der Waals surface area contributed by atoms with Crippen molar-refractivity contribution in [3.05, 3.63) is 38.4 Å². The molecule has 130 valence electrons. The Hall–Kier alpha value is -1.81. The van der Waals surface area contributed by atoms with Crippen molar-refractivity contribution < 1.29 is 9.85 Å². The molecule has 24 heavy (non-hydrogen) atoms. The van der Waals surface area contributed by atoms with E-state index in [9.17, 15) is 20.2 Å². The van der Waals surface area contributed by atoms with Crippen LogP contribution in [0.15, 0.2) is 23.3 Å². The SMILES string of the molecule is CC(C)(C)C1SCC(=NNc2ccc([N+](=O)[O-])cc2[N+](=O)[O-])CS1. The Morgan fingerprint density at radius 1 is 1.17 bits per heavy atom. The number of rotatable bonds is 4. The summed E-state index contributed by atoms with van der Waals surface area (Å²) in [5, 5.41) is 26.1. The van der Waals surface area contributed by atoms with Crippen molar-refractivity contribution >= 4 is 46.3 Å². The molecule has 1 fully saturated rings. The van der Waals surface area contributed by atoms with Gasteiger partial charge in [0.15, 0.2) is 0 Å². The maximum atomic E-state index is 11.1. The van der Waals surface area contributed by atoms with Crippen LogP contribution in [0.25, 0.3) is 0 Å². The lowest BCUT2D eigenvalue weighted by atomic mass is 10.0. The molecule has 10 heteroatoms. The van der Waals surface area contributed by atoms with Crippen molar-refractivity contribution in [2.45, 2.75) is 25.4 Å². The standard InChI is InChI=1S/C14H18N4O4S2/c1-14(2,3)13-23-7-9(8-24-13)15-16-11-5-4-10(17(19)20)6-12(11)18(21)22/h4-6,13,16H,7-8H2,1-3H3. The second kappa shape index (κ2) is 7.39. The summed E-state index contributed by atoms with van der Waals surface area (Å²) >= 11 is 3.60. The van der Waals surface area contributed by atoms with E-state index in [-0.39, 0.29) is 22.5 Å². The first-order valence-electron chi connectivity index (χ1n) is 7.16. The van der Waals surface area contributed by atoms with Crippen molar-refractivity contribution in [1.82, 2.24) is 0 Å². The summed E-state index contributed by atoms with van der Waals surface area (Å²) in [5.74, 6) is 1.51. The summed E-state index contributed by atoms with van der Waals surface area (Å²) in [4.78, 5) is 20.5. The van der Waals surface area contributed by atoms with E-state index in [1.54, 1.807) is 23.5 Å². The molecule has 0 radical (unpaired) electrons. The number of nitrogens with zero attached hydrogens (tertiary/aromatic N) is 3. The van der Waals surface area contributed by atoms with E-state index >= 15 is 0 Å². The van der Waals surface area contributed by atoms with Crippen LogP contribution in [-0.4, -0.2) is 31.6 Å². The normalized spacial score (nSPS) is 18.1. The summed E-state index contributed by atoms with van der Waals surface area (Å²) in [6.45, 7) is 6.58. The van der Waals surface area contributed by atoms with Crippen molar-refractivity contribution in [3.63, 3.8) is 0 Å². The zero-order chi connectivity index (χ0) is 17.9. The monoisotopic (exact) mass is 370 g/mol. The van der Waals surface area contributed by atoms with Crippen LogP contribution in [0.3, 0.4) is 0 Å². The molecule has 1 aliphatic heterocycles. The first-order valence-corrected chi connectivity index (χ1v) is 9.25. The maximum Gasteiger partial charge on any atom is 0.301 e. The number of hydrogen-bond donors (Lipinski definition) is 1. The summed E-state index contributed by atoms with van der Waals surface area (Å²) in [6, 6.07) is 3.46. The lowest BCUT2D eigenvalue weighted by Gasteiger charge is -2.32. The van der Waals surface area contributed by atoms with E-state index in [0.717, 1.165) is 23.3 Å². The molecule has 1 aromatic carbocycles. The third-order valence-electron chi connectivity index (χ3n) is 3.23. The van der Waals surface area contributed by atoms with Crippen molar-refractivity contribution in [2.75, 3.05) is 16.9 Å². The van der Waals surface area contributed by atoms with E-state index in [4.69, 9.17) is 0 Å². The molecule has 0 atom stereocenters. The molecular weight excluding hydrogens is 352 g/mol. The Balaban J connectivity index is 2.09. The van der Waals surface area contributed by atoms with Gasteiger partial charge in [-0.1, -0.05) is 20.8 Å². The van der Waals surface area contributed by atoms with Gasteiger partial charge in [-0.25, -0.2) is 0 Å². The fourth-order valence-corrected chi connectivity index (χ4v) is 4.96. The van der Waals surface area contributed by atoms with E-state index in [1.807, 2.05) is 0 Å². The van der Waals surface area contributed by atoms with Crippen LogP contribution in [0.5, 0.6) is 0 Å². The van der Waals surface area contributed by atoms with Crippen LogP contribution < -0.4 is 5.43 Å². The van der Waals surface area contributed by atoms with Crippen LogP contribution >= 0.6 is 23.5 Å². The molecule has 1 aliphatic rings. The number of non-ortho nitro benzene ring substituents is 1. The minimum absolute atomic E-state index is 0.144. The highest BCUT2D eigenvalue weighted by molar-refractivity contribution is 8.18. The lowest BCUT2D eigenvalue weighted by molar-refractivity contribution is -0.393. The highest BCUT2D eigenvalue weighted by atomic mass is 32.2. The van der Waals surface area contributed by atoms with E-state index < -0.39 is 9.85 Å². The van der Waals surface area contributed by atoms with Gasteiger partial charge in [-0.05, 0) is 11.5 Å². The van der Waals surface area contributed by atoms with Gasteiger partial charge in [-0.3, -0.25) is 25.7 Å². The molecule has 1 heterocycles. The Morgan fingerprint density at radius 2 is 1.79 bits per heavy atom. The van der Waals surface area contributed by atoms with Gasteiger partial charge >= 0.3 is 5.69 Å². The molecule has 0 unspecified atom stereocenters. The quantitative estimate of drug-likeness (QED) is 0.626. The Kier molecular flexibility index (Phi) is 5.70. The Bertz CT molecular complexity index is 678. The fourth-order valence-electron chi connectivity index (χ4n) is 2.02. The predicted octanol–water partition coefficient (Wildman–Crippen LogP) is 4.12. The van der Waals surface area contributed by atoms with Crippen LogP contribution in [0, 0.1) is 25.6 Å². The van der Waals surface area contributed by atoms with Gasteiger partial charge < -0.3 is 0 Å². The van der Waals surface area contributed by atoms with Gasteiger partial charge in [-0.15, -0.1) is 23.5 Å². The minimum Gasteiger partial charge on any atom is -0.272 e. The molecule has 0 aromatic heterocycles. The zero-order valence-corrected chi connectivity index (χ0v) is 15.1. The fraction of sp³-hybridized carbons (Fsp3) is 0.500. The lowest BCUT2D eigenvalue weighted by Crippen LogP contribution is -2.27. The van der Waals surface area contributed by atoms with E-state index in [2.05, 4.69) is 31.3 Å². The van der Waals surface area contributed by atoms with Gasteiger partial charge in [0.2, 0.25) is 0 Å². The average molecular weight is 370 g/mol. The number of nitro benzene ring substituents is 2. The number of anilines is 1. The first-order chi connectivity index (χ1) is 11.2. The molecule has 2 rings (SSSR count). The number of nitrogens with one attached hydrogen (secondary N) is 1. The zero-order valence-electron chi connectivity index (χ0n) is 13.5. The van der Waals surface area contributed by atoms with Crippen molar-refractivity contribution in [1.29, 1.82) is 0 Å². The molecule has 0 aliphatic carbocycles. The predicted molar refractivity (Wildman–Crippen MR) is 99.0 cm³/mol. The van der Waals surface area contributed by atoms with Crippen molar-refractivity contribution in [2.24, 2.45) is 10.5 Å². The van der Waals surface area contributed by atoms with Gasteiger partial charge in [0.05, 0.1) is 26.2 Å². The molecule has 8 nitrogen and oxygen atoms in total. The van der Waals surface area contributed by atoms with Gasteiger partial charge in [0.1, 0.15) is 5.69 Å². The summed E-state index contributed by atoms with van der Waals surface area (Å²) in [6.07, 6.45) is 0. The molecule has 0 saturated carbocycles. The second-order valence-electron chi connectivity index (χ2n) is 6.33. The van der Waals surface area contributed by atoms with E-state index in [0.29, 0.717) is 4.58 Å². The Morgan fingerprint density at radius 3 is 2.29 bits per heavy atom. The molecule has 0 amide bonds. The number of hydrogen-bond acceptors (Lipinski definition) is 8. The summed E-state index contributed by atoms with van der Waals surface area (Å²) in [7, 11) is 0. The van der Waals surface area contributed by atoms with Crippen LogP contribution in [0.4, 0.5) is 17.1 Å². The van der Waals surface area contributed by atoms with Crippen LogP contribution in [0.1, 0.15) is 20.8 Å². The molecule has 1 N–H and O–H groups in total. The molecule has 1 aromatic rings. The third kappa shape index (κ3) is 4.60. The third-order valence-corrected chi connectivity index (χ3v) is 7.07. The van der Waals surface area contributed by atoms with Crippen LogP contribution in [-0.2, 0) is 0 Å². The number of benzene rings is 1. The molecule has 0 spiro atoms. The number of thioether (sulfide) groups is 2. The van der Waals surface area contributed by atoms with E-state index in [1.165, 1.54) is 12.1 Å². The highest BCUT2D eigenvalue weighted by Gasteiger charge is 2.29. The smallest absolute Gasteiger partial charge is 0.272 e. The second-order valence-corrected chi connectivity index (χ2v) is 8.81. The Labute approximate surface area is 147 Å². The average Bonchev–Trinajstić information content (AvgIpc) is 2.52.